The minimum absolute atomic E-state index is 0.285. The molecule has 0 bridgehead atoms. The first-order valence-electron chi connectivity index (χ1n) is 7.37. The third-order valence-electron chi connectivity index (χ3n) is 3.44. The second-order valence-corrected chi connectivity index (χ2v) is 7.24. The number of nitrogens with zero attached hydrogens (tertiary/aromatic N) is 2. The molecular weight excluding hydrogens is 286 g/mol. The maximum Gasteiger partial charge on any atom is 0.285 e. The van der Waals surface area contributed by atoms with Crippen LogP contribution in [0.2, 0.25) is 0 Å². The number of anilines is 1. The zero-order valence-electron chi connectivity index (χ0n) is 12.6. The predicted octanol–water partition coefficient (Wildman–Crippen LogP) is 2.25. The van der Waals surface area contributed by atoms with Crippen molar-refractivity contribution in [2.45, 2.75) is 31.6 Å². The summed E-state index contributed by atoms with van der Waals surface area (Å²) in [5, 5.41) is 3.39. The van der Waals surface area contributed by atoms with Crippen molar-refractivity contribution in [2.75, 3.05) is 24.5 Å². The summed E-state index contributed by atoms with van der Waals surface area (Å²) in [6.45, 7) is 6.95. The van der Waals surface area contributed by atoms with Crippen LogP contribution >= 0.6 is 0 Å². The molecule has 21 heavy (non-hydrogen) atoms. The highest BCUT2D eigenvalue weighted by atomic mass is 32.2. The summed E-state index contributed by atoms with van der Waals surface area (Å²) in [5.74, 6) is 0.734. The topological polar surface area (TPSA) is 61.8 Å². The third-order valence-corrected chi connectivity index (χ3v) is 4.72. The second kappa shape index (κ2) is 7.04. The quantitative estimate of drug-likeness (QED) is 0.785. The van der Waals surface area contributed by atoms with Crippen molar-refractivity contribution in [1.82, 2.24) is 5.32 Å². The Hall–Kier alpha value is -1.40. The first-order chi connectivity index (χ1) is 10.0. The highest BCUT2D eigenvalue weighted by molar-refractivity contribution is 7.90. The summed E-state index contributed by atoms with van der Waals surface area (Å²) in [5.41, 5.74) is 0.705. The molecule has 1 aromatic carbocycles. The van der Waals surface area contributed by atoms with Crippen molar-refractivity contribution in [2.24, 2.45) is 10.3 Å². The Morgan fingerprint density at radius 3 is 2.76 bits per heavy atom. The smallest absolute Gasteiger partial charge is 0.285 e. The van der Waals surface area contributed by atoms with Crippen LogP contribution in [0.5, 0.6) is 0 Å². The predicted molar refractivity (Wildman–Crippen MR) is 86.4 cm³/mol. The molecular formula is C15H23N3O2S. The molecule has 0 aromatic heterocycles. The van der Waals surface area contributed by atoms with Crippen LogP contribution in [0, 0.1) is 5.92 Å². The van der Waals surface area contributed by atoms with E-state index in [1.807, 2.05) is 17.0 Å². The lowest BCUT2D eigenvalue weighted by Crippen LogP contribution is -2.34. The number of benzene rings is 1. The fourth-order valence-corrected chi connectivity index (χ4v) is 3.34. The fraction of sp³-hybridized carbons (Fsp3) is 0.533. The summed E-state index contributed by atoms with van der Waals surface area (Å²) in [6.07, 6.45) is 3.80. The molecule has 0 atom stereocenters. The zero-order chi connectivity index (χ0) is 15.3. The molecule has 1 heterocycles. The first-order valence-corrected chi connectivity index (χ1v) is 8.81. The molecule has 5 nitrogen and oxygen atoms in total. The van der Waals surface area contributed by atoms with Crippen LogP contribution in [0.1, 0.15) is 26.7 Å². The van der Waals surface area contributed by atoms with E-state index in [-0.39, 0.29) is 4.90 Å². The van der Waals surface area contributed by atoms with Crippen LogP contribution in [0.25, 0.3) is 0 Å². The first kappa shape index (κ1) is 16.0. The fourth-order valence-electron chi connectivity index (χ4n) is 2.29. The molecule has 0 unspecified atom stereocenters. The van der Waals surface area contributed by atoms with E-state index < -0.39 is 10.0 Å². The zero-order valence-corrected chi connectivity index (χ0v) is 13.4. The van der Waals surface area contributed by atoms with Gasteiger partial charge in [0.2, 0.25) is 0 Å². The molecule has 6 heteroatoms. The number of nitrogens with one attached hydrogen (secondary N) is 1. The molecule has 2 rings (SSSR count). The summed E-state index contributed by atoms with van der Waals surface area (Å²) in [4.78, 5) is 2.17. The number of para-hydroxylation sites is 1. The lowest BCUT2D eigenvalue weighted by Gasteiger charge is -2.25. The van der Waals surface area contributed by atoms with Gasteiger partial charge in [-0.05, 0) is 37.4 Å². The van der Waals surface area contributed by atoms with E-state index in [9.17, 15) is 8.42 Å². The van der Waals surface area contributed by atoms with Gasteiger partial charge in [-0.2, -0.15) is 8.42 Å². The highest BCUT2D eigenvalue weighted by Crippen LogP contribution is 2.28. The SMILES string of the molecule is CC(C)CCCNCCN1C=NS(=O)(=O)c2ccccc21. The van der Waals surface area contributed by atoms with E-state index in [1.165, 1.54) is 12.8 Å². The maximum absolute atomic E-state index is 11.9. The molecule has 0 spiro atoms. The average Bonchev–Trinajstić information content (AvgIpc) is 2.45. The van der Waals surface area contributed by atoms with Crippen molar-refractivity contribution >= 4 is 22.0 Å². The van der Waals surface area contributed by atoms with E-state index in [2.05, 4.69) is 23.6 Å². The number of fused-ring (bicyclic) bond motifs is 1. The Morgan fingerprint density at radius 2 is 2.00 bits per heavy atom. The molecule has 0 fully saturated rings. The molecule has 1 aliphatic heterocycles. The van der Waals surface area contributed by atoms with Gasteiger partial charge in [-0.1, -0.05) is 26.0 Å². The van der Waals surface area contributed by atoms with Crippen molar-refractivity contribution in [3.05, 3.63) is 24.3 Å². The van der Waals surface area contributed by atoms with Crippen LogP contribution < -0.4 is 10.2 Å². The van der Waals surface area contributed by atoms with E-state index in [4.69, 9.17) is 0 Å². The highest BCUT2D eigenvalue weighted by Gasteiger charge is 2.24. The number of sulfonamides is 1. The standard InChI is InChI=1S/C15H23N3O2S/c1-13(2)6-5-9-16-10-11-18-12-17-21(19,20)15-8-4-3-7-14(15)18/h3-4,7-8,12-13,16H,5-6,9-11H2,1-2H3. The largest absolute Gasteiger partial charge is 0.329 e. The molecule has 0 saturated heterocycles. The van der Waals surface area contributed by atoms with Crippen molar-refractivity contribution in [3.63, 3.8) is 0 Å². The summed E-state index contributed by atoms with van der Waals surface area (Å²) in [7, 11) is -3.52. The molecule has 1 aromatic rings. The Kier molecular flexibility index (Phi) is 5.36. The third kappa shape index (κ3) is 4.28. The minimum Gasteiger partial charge on any atom is -0.329 e. The summed E-state index contributed by atoms with van der Waals surface area (Å²) in [6, 6.07) is 6.98. The number of rotatable bonds is 7. The van der Waals surface area contributed by atoms with Crippen molar-refractivity contribution in [1.29, 1.82) is 0 Å². The lowest BCUT2D eigenvalue weighted by molar-refractivity contribution is 0.530. The molecule has 0 aliphatic carbocycles. The number of hydrogen-bond acceptors (Lipinski definition) is 4. The van der Waals surface area contributed by atoms with Crippen LogP contribution in [0.15, 0.2) is 33.6 Å². The molecule has 116 valence electrons. The van der Waals surface area contributed by atoms with Crippen LogP contribution in [-0.4, -0.2) is 34.4 Å². The molecule has 0 saturated carbocycles. The monoisotopic (exact) mass is 309 g/mol. The van der Waals surface area contributed by atoms with Crippen LogP contribution in [-0.2, 0) is 10.0 Å². The van der Waals surface area contributed by atoms with Crippen molar-refractivity contribution in [3.8, 4) is 0 Å². The Morgan fingerprint density at radius 1 is 1.24 bits per heavy atom. The van der Waals surface area contributed by atoms with Gasteiger partial charge < -0.3 is 10.2 Å². The van der Waals surface area contributed by atoms with Gasteiger partial charge in [0.25, 0.3) is 10.0 Å². The van der Waals surface area contributed by atoms with Gasteiger partial charge in [0, 0.05) is 13.1 Å². The van der Waals surface area contributed by atoms with Crippen molar-refractivity contribution < 1.29 is 8.42 Å². The van der Waals surface area contributed by atoms with Gasteiger partial charge in [0.05, 0.1) is 5.69 Å². The minimum atomic E-state index is -3.52. The second-order valence-electron chi connectivity index (χ2n) is 5.64. The maximum atomic E-state index is 11.9. The van der Waals surface area contributed by atoms with Crippen LogP contribution in [0.4, 0.5) is 5.69 Å². The van der Waals surface area contributed by atoms with E-state index in [0.29, 0.717) is 12.2 Å². The van der Waals surface area contributed by atoms with Gasteiger partial charge in [0.15, 0.2) is 0 Å². The van der Waals surface area contributed by atoms with Gasteiger partial charge in [-0.3, -0.25) is 0 Å². The van der Waals surface area contributed by atoms with E-state index in [0.717, 1.165) is 25.4 Å². The normalized spacial score (nSPS) is 16.2. The van der Waals surface area contributed by atoms with Gasteiger partial charge >= 0.3 is 0 Å². The molecule has 1 aliphatic rings. The summed E-state index contributed by atoms with van der Waals surface area (Å²) < 4.78 is 27.4. The van der Waals surface area contributed by atoms with E-state index in [1.54, 1.807) is 12.1 Å². The lowest BCUT2D eigenvalue weighted by atomic mass is 10.1. The molecule has 0 radical (unpaired) electrons. The Labute approximate surface area is 127 Å². The molecule has 0 amide bonds. The average molecular weight is 309 g/mol. The Bertz CT molecular complexity index is 597. The Balaban J connectivity index is 1.88. The molecule has 1 N–H and O–H groups in total. The van der Waals surface area contributed by atoms with Crippen LogP contribution in [0.3, 0.4) is 0 Å². The summed E-state index contributed by atoms with van der Waals surface area (Å²) >= 11 is 0. The van der Waals surface area contributed by atoms with Gasteiger partial charge in [0.1, 0.15) is 11.2 Å². The van der Waals surface area contributed by atoms with Gasteiger partial charge in [-0.15, -0.1) is 4.40 Å². The number of hydrogen-bond donors (Lipinski definition) is 1. The van der Waals surface area contributed by atoms with E-state index >= 15 is 0 Å². The van der Waals surface area contributed by atoms with Gasteiger partial charge in [-0.25, -0.2) is 0 Å².